The molecule has 0 spiro atoms. The minimum absolute atomic E-state index is 0.0170. The molecule has 0 aromatic carbocycles. The van der Waals surface area contributed by atoms with Crippen LogP contribution in [0.5, 0.6) is 0 Å². The molecular weight excluding hydrogens is 212 g/mol. The van der Waals surface area contributed by atoms with Crippen molar-refractivity contribution >= 4 is 5.97 Å². The van der Waals surface area contributed by atoms with Gasteiger partial charge >= 0.3 is 5.97 Å². The molecule has 0 radical (unpaired) electrons. The van der Waals surface area contributed by atoms with Crippen LogP contribution >= 0.6 is 0 Å². The molecule has 94 valence electrons. The van der Waals surface area contributed by atoms with Crippen molar-refractivity contribution < 1.29 is 9.53 Å². The molecule has 1 heterocycles. The molecule has 0 unspecified atom stereocenters. The third-order valence-electron chi connectivity index (χ3n) is 4.04. The molecule has 2 nitrogen and oxygen atoms in total. The molecule has 1 aliphatic carbocycles. The maximum Gasteiger partial charge on any atom is 0.309 e. The Hall–Kier alpha value is -1.05. The predicted octanol–water partition coefficient (Wildman–Crippen LogP) is 3.63. The van der Waals surface area contributed by atoms with Crippen LogP contribution in [0, 0.1) is 11.8 Å². The molecule has 1 aliphatic heterocycles. The van der Waals surface area contributed by atoms with Crippen LogP contribution in [0.4, 0.5) is 0 Å². The number of hydrogen-bond acceptors (Lipinski definition) is 2. The largest absolute Gasteiger partial charge is 0.458 e. The third kappa shape index (κ3) is 2.80. The van der Waals surface area contributed by atoms with E-state index in [9.17, 15) is 4.79 Å². The van der Waals surface area contributed by atoms with Crippen LogP contribution in [0.3, 0.4) is 0 Å². The van der Waals surface area contributed by atoms with Crippen LogP contribution in [-0.4, -0.2) is 12.1 Å². The van der Waals surface area contributed by atoms with E-state index in [1.807, 2.05) is 6.92 Å². The normalized spacial score (nSPS) is 40.6. The SMILES string of the molecule is C/C1=C\[C@H]2OC(=O)[C@@H](C)[C@@H]2CC/C(C)=C/CC1. The topological polar surface area (TPSA) is 26.3 Å². The molecule has 1 fully saturated rings. The standard InChI is InChI=1S/C15H22O2/c1-10-5-4-6-11(2)9-14-13(8-7-10)12(3)15(16)17-14/h5,9,12-14H,4,6-8H2,1-3H3/b10-5+,11-9+/t12-,13-,14+/m0/s1. The van der Waals surface area contributed by atoms with E-state index >= 15 is 0 Å². The Bertz CT molecular complexity index is 365. The Balaban J connectivity index is 2.21. The van der Waals surface area contributed by atoms with Crippen molar-refractivity contribution in [3.05, 3.63) is 23.3 Å². The van der Waals surface area contributed by atoms with Crippen molar-refractivity contribution in [3.8, 4) is 0 Å². The van der Waals surface area contributed by atoms with Gasteiger partial charge in [-0.15, -0.1) is 0 Å². The molecule has 2 aliphatic rings. The van der Waals surface area contributed by atoms with Gasteiger partial charge in [0.15, 0.2) is 0 Å². The van der Waals surface area contributed by atoms with Crippen molar-refractivity contribution in [1.82, 2.24) is 0 Å². The third-order valence-corrected chi connectivity index (χ3v) is 4.04. The number of allylic oxidation sites excluding steroid dienone is 3. The monoisotopic (exact) mass is 234 g/mol. The lowest BCUT2D eigenvalue weighted by molar-refractivity contribution is -0.142. The molecule has 0 aromatic heterocycles. The molecular formula is C15H22O2. The number of hydrogen-bond donors (Lipinski definition) is 0. The highest BCUT2D eigenvalue weighted by atomic mass is 16.6. The Morgan fingerprint density at radius 3 is 2.76 bits per heavy atom. The van der Waals surface area contributed by atoms with E-state index in [1.54, 1.807) is 0 Å². The van der Waals surface area contributed by atoms with E-state index in [0.717, 1.165) is 25.7 Å². The van der Waals surface area contributed by atoms with Crippen molar-refractivity contribution in [2.45, 2.75) is 52.6 Å². The number of esters is 1. The molecule has 17 heavy (non-hydrogen) atoms. The van der Waals surface area contributed by atoms with Crippen molar-refractivity contribution in [2.75, 3.05) is 0 Å². The summed E-state index contributed by atoms with van der Waals surface area (Å²) in [5.74, 6) is 0.389. The fourth-order valence-corrected chi connectivity index (χ4v) is 2.77. The van der Waals surface area contributed by atoms with E-state index in [4.69, 9.17) is 4.74 Å². The molecule has 2 rings (SSSR count). The van der Waals surface area contributed by atoms with Crippen LogP contribution < -0.4 is 0 Å². The van der Waals surface area contributed by atoms with Gasteiger partial charge in [0, 0.05) is 5.92 Å². The molecule has 0 aromatic rings. The average molecular weight is 234 g/mol. The second kappa shape index (κ2) is 5.07. The molecule has 0 amide bonds. The van der Waals surface area contributed by atoms with E-state index in [-0.39, 0.29) is 18.0 Å². The highest BCUT2D eigenvalue weighted by Crippen LogP contribution is 2.35. The minimum atomic E-state index is -0.0232. The van der Waals surface area contributed by atoms with Crippen LogP contribution in [0.1, 0.15) is 46.5 Å². The van der Waals surface area contributed by atoms with Crippen LogP contribution in [0.15, 0.2) is 23.3 Å². The van der Waals surface area contributed by atoms with E-state index in [0.29, 0.717) is 5.92 Å². The minimum Gasteiger partial charge on any atom is -0.458 e. The number of fused-ring (bicyclic) bond motifs is 1. The summed E-state index contributed by atoms with van der Waals surface area (Å²) in [4.78, 5) is 11.7. The van der Waals surface area contributed by atoms with Crippen molar-refractivity contribution in [2.24, 2.45) is 11.8 Å². The number of rotatable bonds is 0. The van der Waals surface area contributed by atoms with Gasteiger partial charge in [-0.2, -0.15) is 0 Å². The summed E-state index contributed by atoms with van der Waals surface area (Å²) in [6.07, 6.45) is 8.85. The van der Waals surface area contributed by atoms with Gasteiger partial charge in [-0.05, 0) is 45.6 Å². The zero-order chi connectivity index (χ0) is 12.4. The van der Waals surface area contributed by atoms with Gasteiger partial charge in [0.25, 0.3) is 0 Å². The van der Waals surface area contributed by atoms with Gasteiger partial charge < -0.3 is 4.74 Å². The fourth-order valence-electron chi connectivity index (χ4n) is 2.77. The highest BCUT2D eigenvalue weighted by Gasteiger charge is 2.40. The maximum absolute atomic E-state index is 11.7. The highest BCUT2D eigenvalue weighted by molar-refractivity contribution is 5.75. The van der Waals surface area contributed by atoms with Crippen molar-refractivity contribution in [1.29, 1.82) is 0 Å². The molecule has 0 saturated carbocycles. The van der Waals surface area contributed by atoms with Crippen LogP contribution in [0.2, 0.25) is 0 Å². The summed E-state index contributed by atoms with van der Waals surface area (Å²) in [6.45, 7) is 6.33. The van der Waals surface area contributed by atoms with Gasteiger partial charge in [-0.25, -0.2) is 0 Å². The van der Waals surface area contributed by atoms with Gasteiger partial charge in [-0.3, -0.25) is 4.79 Å². The quantitative estimate of drug-likeness (QED) is 0.472. The van der Waals surface area contributed by atoms with Gasteiger partial charge in [0.1, 0.15) is 6.10 Å². The maximum atomic E-state index is 11.7. The second-order valence-corrected chi connectivity index (χ2v) is 5.49. The fraction of sp³-hybridized carbons (Fsp3) is 0.667. The predicted molar refractivity (Wildman–Crippen MR) is 68.5 cm³/mol. The lowest BCUT2D eigenvalue weighted by atomic mass is 9.85. The molecule has 2 heteroatoms. The summed E-state index contributed by atoms with van der Waals surface area (Å²) in [5.41, 5.74) is 2.79. The summed E-state index contributed by atoms with van der Waals surface area (Å²) >= 11 is 0. The summed E-state index contributed by atoms with van der Waals surface area (Å²) in [7, 11) is 0. The number of ether oxygens (including phenoxy) is 1. The van der Waals surface area contributed by atoms with Gasteiger partial charge in [0.2, 0.25) is 0 Å². The molecule has 3 atom stereocenters. The first-order valence-electron chi connectivity index (χ1n) is 6.61. The molecule has 0 bridgehead atoms. The number of carbonyl (C=O) groups is 1. The Morgan fingerprint density at radius 2 is 2.00 bits per heavy atom. The average Bonchev–Trinajstić information content (AvgIpc) is 2.52. The van der Waals surface area contributed by atoms with Gasteiger partial charge in [-0.1, -0.05) is 24.1 Å². The van der Waals surface area contributed by atoms with E-state index in [1.165, 1.54) is 11.1 Å². The first-order valence-corrected chi connectivity index (χ1v) is 6.61. The second-order valence-electron chi connectivity index (χ2n) is 5.49. The summed E-state index contributed by atoms with van der Waals surface area (Å²) < 4.78 is 5.48. The molecule has 1 saturated heterocycles. The zero-order valence-electron chi connectivity index (χ0n) is 11.0. The van der Waals surface area contributed by atoms with E-state index < -0.39 is 0 Å². The van der Waals surface area contributed by atoms with E-state index in [2.05, 4.69) is 26.0 Å². The summed E-state index contributed by atoms with van der Waals surface area (Å²) in [6, 6.07) is 0. The first kappa shape index (κ1) is 12.4. The van der Waals surface area contributed by atoms with Gasteiger partial charge in [0.05, 0.1) is 5.92 Å². The number of carbonyl (C=O) groups excluding carboxylic acids is 1. The smallest absolute Gasteiger partial charge is 0.309 e. The van der Waals surface area contributed by atoms with Crippen LogP contribution in [-0.2, 0) is 9.53 Å². The van der Waals surface area contributed by atoms with Crippen LogP contribution in [0.25, 0.3) is 0 Å². The first-order chi connectivity index (χ1) is 8.08. The zero-order valence-corrected chi connectivity index (χ0v) is 11.0. The lowest BCUT2D eigenvalue weighted by Gasteiger charge is -2.19. The molecule has 0 N–H and O–H groups in total. The lowest BCUT2D eigenvalue weighted by Crippen LogP contribution is -2.18. The van der Waals surface area contributed by atoms with Crippen molar-refractivity contribution in [3.63, 3.8) is 0 Å². The Kier molecular flexibility index (Phi) is 3.70. The Morgan fingerprint density at radius 1 is 1.24 bits per heavy atom. The Labute approximate surface area is 104 Å². The summed E-state index contributed by atoms with van der Waals surface area (Å²) in [5, 5.41) is 0.